The molecule has 3 atom stereocenters. The van der Waals surface area contributed by atoms with Gasteiger partial charge in [-0.2, -0.15) is 5.10 Å². The van der Waals surface area contributed by atoms with Crippen molar-refractivity contribution in [2.75, 3.05) is 13.1 Å². The first-order valence-electron chi connectivity index (χ1n) is 11.2. The van der Waals surface area contributed by atoms with Gasteiger partial charge in [0.15, 0.2) is 0 Å². The van der Waals surface area contributed by atoms with Crippen LogP contribution < -0.4 is 5.32 Å². The van der Waals surface area contributed by atoms with Crippen LogP contribution in [0.5, 0.6) is 0 Å². The number of alkyl halides is 2. The smallest absolute Gasteiger partial charge is 0.251 e. The number of carbonyl (C=O) groups excluding carboxylic acids is 1. The Labute approximate surface area is 214 Å². The quantitative estimate of drug-likeness (QED) is 0.501. The summed E-state index contributed by atoms with van der Waals surface area (Å²) in [5, 5.41) is 8.10. The molecule has 0 unspecified atom stereocenters. The molecule has 2 aliphatic rings. The highest BCUT2D eigenvalue weighted by Gasteiger charge is 2.43. The second-order valence-electron chi connectivity index (χ2n) is 8.80. The van der Waals surface area contributed by atoms with Crippen molar-refractivity contribution in [1.82, 2.24) is 20.0 Å². The molecule has 1 aromatic heterocycles. The third-order valence-corrected chi connectivity index (χ3v) is 6.60. The number of aromatic nitrogens is 2. The number of halogens is 5. The minimum absolute atomic E-state index is 0. The lowest BCUT2D eigenvalue weighted by Gasteiger charge is -2.33. The number of nitrogens with zero attached hydrogens (tertiary/aromatic N) is 3. The average molecular weight is 527 g/mol. The number of rotatable bonds is 4. The van der Waals surface area contributed by atoms with E-state index in [0.717, 1.165) is 16.9 Å². The van der Waals surface area contributed by atoms with Crippen LogP contribution in [0.4, 0.5) is 13.2 Å². The van der Waals surface area contributed by atoms with Gasteiger partial charge in [-0.05, 0) is 42.3 Å². The third kappa shape index (κ3) is 5.82. The van der Waals surface area contributed by atoms with Crippen LogP contribution in [0, 0.1) is 5.82 Å². The summed E-state index contributed by atoms with van der Waals surface area (Å²) in [7, 11) is 0. The molecule has 2 saturated heterocycles. The van der Waals surface area contributed by atoms with Crippen molar-refractivity contribution < 1.29 is 18.0 Å². The van der Waals surface area contributed by atoms with Crippen LogP contribution >= 0.6 is 24.8 Å². The number of hydrogen-bond donors (Lipinski definition) is 1. The maximum Gasteiger partial charge on any atom is 0.251 e. The van der Waals surface area contributed by atoms with Gasteiger partial charge in [-0.25, -0.2) is 17.9 Å². The van der Waals surface area contributed by atoms with Crippen molar-refractivity contribution in [2.45, 2.75) is 43.2 Å². The summed E-state index contributed by atoms with van der Waals surface area (Å²) in [4.78, 5) is 14.7. The molecule has 2 aromatic carbocycles. The van der Waals surface area contributed by atoms with E-state index in [1.807, 2.05) is 48.7 Å². The molecular weight excluding hydrogens is 500 g/mol. The standard InChI is InChI=1S/C25H25F3N4O.2ClH/c26-18-6-4-5-17(15-18)23-20(21-9-12-32(30-21)19-7-2-1-3-8-19)16-22(29-23)24(33)31-13-10-25(27,28)11-14-31;;/h1-9,12,15,20,22-23,29H,10-11,13-14,16H2;2*1H/t20-,22+,23+;;/m1../s1. The first-order chi connectivity index (χ1) is 15.9. The van der Waals surface area contributed by atoms with E-state index in [0.29, 0.717) is 6.42 Å². The minimum atomic E-state index is -2.71. The van der Waals surface area contributed by atoms with Crippen molar-refractivity contribution >= 4 is 30.7 Å². The number of nitrogens with one attached hydrogen (secondary N) is 1. The largest absolute Gasteiger partial charge is 0.341 e. The second kappa shape index (κ2) is 11.0. The number of likely N-dealkylation sites (tertiary alicyclic amines) is 1. The van der Waals surface area contributed by atoms with Crippen LogP contribution in [-0.2, 0) is 4.79 Å². The monoisotopic (exact) mass is 526 g/mol. The van der Waals surface area contributed by atoms with Gasteiger partial charge in [0.1, 0.15) is 5.82 Å². The second-order valence-corrected chi connectivity index (χ2v) is 8.80. The summed E-state index contributed by atoms with van der Waals surface area (Å²) >= 11 is 0. The Balaban J connectivity index is 0.00000171. The van der Waals surface area contributed by atoms with E-state index in [1.165, 1.54) is 17.0 Å². The number of amides is 1. The average Bonchev–Trinajstić information content (AvgIpc) is 3.47. The fourth-order valence-corrected chi connectivity index (χ4v) is 4.82. The highest BCUT2D eigenvalue weighted by molar-refractivity contribution is 5.85. The fourth-order valence-electron chi connectivity index (χ4n) is 4.82. The molecule has 3 aromatic rings. The Hall–Kier alpha value is -2.55. The molecule has 1 N–H and O–H groups in total. The molecule has 10 heteroatoms. The zero-order valence-electron chi connectivity index (χ0n) is 18.8. The molecular formula is C25H27Cl2F3N4O. The van der Waals surface area contributed by atoms with E-state index in [9.17, 15) is 18.0 Å². The van der Waals surface area contributed by atoms with Gasteiger partial charge in [-0.1, -0.05) is 30.3 Å². The Morgan fingerprint density at radius 2 is 1.71 bits per heavy atom. The van der Waals surface area contributed by atoms with E-state index >= 15 is 0 Å². The molecule has 2 aliphatic heterocycles. The molecule has 2 fully saturated rings. The van der Waals surface area contributed by atoms with Crippen molar-refractivity contribution in [3.05, 3.63) is 83.9 Å². The number of para-hydroxylation sites is 1. The molecule has 0 spiro atoms. The summed E-state index contributed by atoms with van der Waals surface area (Å²) < 4.78 is 42.9. The van der Waals surface area contributed by atoms with Crippen LogP contribution in [0.25, 0.3) is 5.69 Å². The first-order valence-corrected chi connectivity index (χ1v) is 11.2. The molecule has 0 saturated carbocycles. The van der Waals surface area contributed by atoms with Gasteiger partial charge in [-0.3, -0.25) is 10.1 Å². The van der Waals surface area contributed by atoms with E-state index in [2.05, 4.69) is 5.32 Å². The number of piperidine rings is 1. The van der Waals surface area contributed by atoms with Crippen LogP contribution in [0.3, 0.4) is 0 Å². The van der Waals surface area contributed by atoms with Crippen molar-refractivity contribution in [2.24, 2.45) is 0 Å². The van der Waals surface area contributed by atoms with Gasteiger partial charge in [0, 0.05) is 44.1 Å². The molecule has 3 heterocycles. The highest BCUT2D eigenvalue weighted by Crippen LogP contribution is 2.41. The number of hydrogen-bond acceptors (Lipinski definition) is 3. The maximum atomic E-state index is 14.0. The predicted molar refractivity (Wildman–Crippen MR) is 132 cm³/mol. The number of carbonyl (C=O) groups is 1. The number of benzene rings is 2. The zero-order valence-corrected chi connectivity index (χ0v) is 20.5. The minimum Gasteiger partial charge on any atom is -0.341 e. The summed E-state index contributed by atoms with van der Waals surface area (Å²) in [6, 6.07) is 17.1. The zero-order chi connectivity index (χ0) is 23.0. The van der Waals surface area contributed by atoms with Crippen LogP contribution in [-0.4, -0.2) is 45.6 Å². The lowest BCUT2D eigenvalue weighted by Crippen LogP contribution is -2.49. The Bertz CT molecular complexity index is 1130. The summed E-state index contributed by atoms with van der Waals surface area (Å²) in [6.45, 7) is 0.0872. The Kier molecular flexibility index (Phi) is 8.51. The van der Waals surface area contributed by atoms with E-state index in [-0.39, 0.29) is 74.4 Å². The van der Waals surface area contributed by atoms with Crippen molar-refractivity contribution in [3.63, 3.8) is 0 Å². The molecule has 1 amide bonds. The van der Waals surface area contributed by atoms with Crippen LogP contribution in [0.15, 0.2) is 66.9 Å². The lowest BCUT2D eigenvalue weighted by molar-refractivity contribution is -0.139. The fraction of sp³-hybridized carbons (Fsp3) is 0.360. The van der Waals surface area contributed by atoms with Crippen molar-refractivity contribution in [1.29, 1.82) is 0 Å². The molecule has 188 valence electrons. The Morgan fingerprint density at radius 3 is 2.40 bits per heavy atom. The summed E-state index contributed by atoms with van der Waals surface area (Å²) in [5.74, 6) is -3.42. The van der Waals surface area contributed by atoms with Crippen LogP contribution in [0.1, 0.15) is 42.5 Å². The van der Waals surface area contributed by atoms with E-state index in [4.69, 9.17) is 5.10 Å². The van der Waals surface area contributed by atoms with Gasteiger partial charge >= 0.3 is 0 Å². The molecule has 0 aliphatic carbocycles. The third-order valence-electron chi connectivity index (χ3n) is 6.60. The first kappa shape index (κ1) is 27.0. The normalized spacial score (nSPS) is 23.3. The van der Waals surface area contributed by atoms with Crippen molar-refractivity contribution in [3.8, 4) is 5.69 Å². The molecule has 5 rings (SSSR count). The lowest BCUT2D eigenvalue weighted by atomic mass is 9.90. The Morgan fingerprint density at radius 1 is 1.00 bits per heavy atom. The van der Waals surface area contributed by atoms with Gasteiger partial charge in [0.05, 0.1) is 17.4 Å². The molecule has 5 nitrogen and oxygen atoms in total. The topological polar surface area (TPSA) is 50.2 Å². The molecule has 0 radical (unpaired) electrons. The van der Waals surface area contributed by atoms with Gasteiger partial charge in [-0.15, -0.1) is 24.8 Å². The highest BCUT2D eigenvalue weighted by atomic mass is 35.5. The molecule has 35 heavy (non-hydrogen) atoms. The summed E-state index contributed by atoms with van der Waals surface area (Å²) in [6.07, 6.45) is 1.70. The summed E-state index contributed by atoms with van der Waals surface area (Å²) in [5.41, 5.74) is 2.44. The SMILES string of the molecule is Cl.Cl.O=C([C@@H]1C[C@H](c2ccn(-c3ccccc3)n2)[C@H](c2cccc(F)c2)N1)N1CCC(F)(F)CC1. The molecule has 0 bridgehead atoms. The van der Waals surface area contributed by atoms with E-state index in [1.54, 1.807) is 10.7 Å². The van der Waals surface area contributed by atoms with E-state index < -0.39 is 12.0 Å². The van der Waals surface area contributed by atoms with Gasteiger partial charge in [0.25, 0.3) is 5.92 Å². The van der Waals surface area contributed by atoms with Gasteiger partial charge < -0.3 is 4.90 Å². The maximum absolute atomic E-state index is 14.0. The predicted octanol–water partition coefficient (Wildman–Crippen LogP) is 5.30. The van der Waals surface area contributed by atoms with Gasteiger partial charge in [0.2, 0.25) is 5.91 Å². The van der Waals surface area contributed by atoms with Crippen LogP contribution in [0.2, 0.25) is 0 Å².